The van der Waals surface area contributed by atoms with Gasteiger partial charge in [-0.1, -0.05) is 12.1 Å². The molecule has 0 atom stereocenters. The third kappa shape index (κ3) is 3.31. The molecule has 4 heteroatoms. The van der Waals surface area contributed by atoms with Crippen LogP contribution in [-0.4, -0.2) is 5.91 Å². The van der Waals surface area contributed by atoms with Gasteiger partial charge in [0.1, 0.15) is 0 Å². The van der Waals surface area contributed by atoms with Crippen LogP contribution in [0.4, 0.5) is 5.69 Å². The van der Waals surface area contributed by atoms with Crippen LogP contribution in [0.15, 0.2) is 40.9 Å². The highest BCUT2D eigenvalue weighted by Gasteiger charge is 2.16. The van der Waals surface area contributed by atoms with Gasteiger partial charge in [-0.2, -0.15) is 0 Å². The Labute approximate surface area is 146 Å². The van der Waals surface area contributed by atoms with E-state index in [0.29, 0.717) is 5.56 Å². The lowest BCUT2D eigenvalue weighted by atomic mass is 9.90. The van der Waals surface area contributed by atoms with Gasteiger partial charge in [0.05, 0.1) is 5.56 Å². The van der Waals surface area contributed by atoms with Gasteiger partial charge in [0.2, 0.25) is 0 Å². The topological polar surface area (TPSA) is 29.1 Å². The van der Waals surface area contributed by atoms with Gasteiger partial charge in [-0.15, -0.1) is 0 Å². The zero-order chi connectivity index (χ0) is 14.8. The standard InChI is InChI=1S/C17H15BrINO/c18-15-9-8-12(19)10-14(15)17(21)20-16-7-3-5-11-4-1-2-6-13(11)16/h3,5,7-10H,1-2,4,6H2,(H,20,21). The summed E-state index contributed by atoms with van der Waals surface area (Å²) in [5.74, 6) is -0.0561. The summed E-state index contributed by atoms with van der Waals surface area (Å²) in [6.07, 6.45) is 4.62. The van der Waals surface area contributed by atoms with Crippen molar-refractivity contribution in [3.63, 3.8) is 0 Å². The fourth-order valence-corrected chi connectivity index (χ4v) is 3.68. The van der Waals surface area contributed by atoms with E-state index in [0.717, 1.165) is 26.6 Å². The first kappa shape index (κ1) is 15.0. The summed E-state index contributed by atoms with van der Waals surface area (Å²) in [6, 6.07) is 12.0. The molecule has 2 nitrogen and oxygen atoms in total. The number of rotatable bonds is 2. The van der Waals surface area contributed by atoms with Gasteiger partial charge in [-0.25, -0.2) is 0 Å². The Bertz CT molecular complexity index is 699. The fourth-order valence-electron chi connectivity index (χ4n) is 2.76. The monoisotopic (exact) mass is 455 g/mol. The average Bonchev–Trinajstić information content (AvgIpc) is 2.50. The molecule has 0 saturated heterocycles. The lowest BCUT2D eigenvalue weighted by Crippen LogP contribution is -2.16. The highest BCUT2D eigenvalue weighted by Crippen LogP contribution is 2.29. The number of hydrogen-bond acceptors (Lipinski definition) is 1. The Morgan fingerprint density at radius 2 is 1.95 bits per heavy atom. The molecular weight excluding hydrogens is 441 g/mol. The van der Waals surface area contributed by atoms with Crippen molar-refractivity contribution in [1.29, 1.82) is 0 Å². The second-order valence-corrected chi connectivity index (χ2v) is 7.33. The highest BCUT2D eigenvalue weighted by atomic mass is 127. The van der Waals surface area contributed by atoms with Gasteiger partial charge in [-0.05, 0) is 99.6 Å². The molecule has 0 radical (unpaired) electrons. The largest absolute Gasteiger partial charge is 0.322 e. The van der Waals surface area contributed by atoms with Gasteiger partial charge in [0.25, 0.3) is 5.91 Å². The summed E-state index contributed by atoms with van der Waals surface area (Å²) >= 11 is 5.68. The zero-order valence-electron chi connectivity index (χ0n) is 11.5. The van der Waals surface area contributed by atoms with E-state index >= 15 is 0 Å². The minimum Gasteiger partial charge on any atom is -0.322 e. The first-order valence-electron chi connectivity index (χ1n) is 7.02. The van der Waals surface area contributed by atoms with Gasteiger partial charge in [0, 0.05) is 13.7 Å². The molecule has 0 aliphatic heterocycles. The van der Waals surface area contributed by atoms with Crippen molar-refractivity contribution >= 4 is 50.1 Å². The Morgan fingerprint density at radius 1 is 1.14 bits per heavy atom. The predicted molar refractivity (Wildman–Crippen MR) is 97.9 cm³/mol. The minimum absolute atomic E-state index is 0.0561. The Hall–Kier alpha value is -0.880. The maximum Gasteiger partial charge on any atom is 0.256 e. The summed E-state index contributed by atoms with van der Waals surface area (Å²) in [6.45, 7) is 0. The number of anilines is 1. The van der Waals surface area contributed by atoms with E-state index in [2.05, 4.69) is 49.9 Å². The lowest BCUT2D eigenvalue weighted by molar-refractivity contribution is 0.102. The summed E-state index contributed by atoms with van der Waals surface area (Å²) in [4.78, 5) is 12.5. The number of carbonyl (C=O) groups excluding carboxylic acids is 1. The molecule has 21 heavy (non-hydrogen) atoms. The molecule has 0 aromatic heterocycles. The van der Waals surface area contributed by atoms with Crippen molar-refractivity contribution in [2.75, 3.05) is 5.32 Å². The van der Waals surface area contributed by atoms with E-state index < -0.39 is 0 Å². The first-order valence-corrected chi connectivity index (χ1v) is 8.89. The van der Waals surface area contributed by atoms with Crippen LogP contribution in [0.1, 0.15) is 34.3 Å². The van der Waals surface area contributed by atoms with Gasteiger partial charge < -0.3 is 5.32 Å². The highest BCUT2D eigenvalue weighted by molar-refractivity contribution is 14.1. The van der Waals surface area contributed by atoms with Crippen molar-refractivity contribution in [3.05, 3.63) is 61.1 Å². The number of benzene rings is 2. The number of carbonyl (C=O) groups is 1. The molecule has 0 saturated carbocycles. The Morgan fingerprint density at radius 3 is 2.81 bits per heavy atom. The van der Waals surface area contributed by atoms with E-state index in [1.807, 2.05) is 30.3 Å². The summed E-state index contributed by atoms with van der Waals surface area (Å²) in [5, 5.41) is 3.08. The van der Waals surface area contributed by atoms with Crippen LogP contribution in [0.25, 0.3) is 0 Å². The number of amides is 1. The molecule has 1 amide bonds. The first-order chi connectivity index (χ1) is 10.1. The number of hydrogen-bond donors (Lipinski definition) is 1. The van der Waals surface area contributed by atoms with E-state index in [1.165, 1.54) is 24.0 Å². The molecule has 108 valence electrons. The number of nitrogens with one attached hydrogen (secondary N) is 1. The van der Waals surface area contributed by atoms with Gasteiger partial charge >= 0.3 is 0 Å². The van der Waals surface area contributed by atoms with Crippen LogP contribution in [0.3, 0.4) is 0 Å². The second-order valence-electron chi connectivity index (χ2n) is 5.23. The van der Waals surface area contributed by atoms with Crippen LogP contribution in [-0.2, 0) is 12.8 Å². The van der Waals surface area contributed by atoms with Crippen molar-refractivity contribution in [2.45, 2.75) is 25.7 Å². The molecule has 1 N–H and O–H groups in total. The number of halogens is 2. The molecule has 3 rings (SSSR count). The van der Waals surface area contributed by atoms with Crippen molar-refractivity contribution < 1.29 is 4.79 Å². The van der Waals surface area contributed by atoms with E-state index in [-0.39, 0.29) is 5.91 Å². The zero-order valence-corrected chi connectivity index (χ0v) is 15.2. The normalized spacial score (nSPS) is 13.6. The third-order valence-electron chi connectivity index (χ3n) is 3.82. The molecule has 1 aliphatic carbocycles. The number of fused-ring (bicyclic) bond motifs is 1. The van der Waals surface area contributed by atoms with Crippen molar-refractivity contribution in [3.8, 4) is 0 Å². The SMILES string of the molecule is O=C(Nc1cccc2c1CCCC2)c1cc(I)ccc1Br. The van der Waals surface area contributed by atoms with E-state index in [4.69, 9.17) is 0 Å². The summed E-state index contributed by atoms with van der Waals surface area (Å²) < 4.78 is 1.88. The molecule has 0 heterocycles. The van der Waals surface area contributed by atoms with E-state index in [9.17, 15) is 4.79 Å². The number of aryl methyl sites for hydroxylation is 1. The molecule has 0 bridgehead atoms. The smallest absolute Gasteiger partial charge is 0.256 e. The van der Waals surface area contributed by atoms with E-state index in [1.54, 1.807) is 0 Å². The van der Waals surface area contributed by atoms with Gasteiger partial charge in [0.15, 0.2) is 0 Å². The maximum atomic E-state index is 12.5. The van der Waals surface area contributed by atoms with Crippen molar-refractivity contribution in [1.82, 2.24) is 0 Å². The summed E-state index contributed by atoms with van der Waals surface area (Å²) in [5.41, 5.74) is 4.32. The van der Waals surface area contributed by atoms with Gasteiger partial charge in [-0.3, -0.25) is 4.79 Å². The minimum atomic E-state index is -0.0561. The third-order valence-corrected chi connectivity index (χ3v) is 5.18. The molecule has 2 aromatic rings. The molecule has 0 spiro atoms. The van der Waals surface area contributed by atoms with Crippen LogP contribution >= 0.6 is 38.5 Å². The molecule has 0 unspecified atom stereocenters. The van der Waals surface area contributed by atoms with Crippen molar-refractivity contribution in [2.24, 2.45) is 0 Å². The predicted octanol–water partition coefficient (Wildman–Crippen LogP) is 5.18. The van der Waals surface area contributed by atoms with Crippen LogP contribution in [0, 0.1) is 3.57 Å². The Balaban J connectivity index is 1.90. The van der Waals surface area contributed by atoms with Crippen LogP contribution in [0.2, 0.25) is 0 Å². The average molecular weight is 456 g/mol. The molecule has 2 aromatic carbocycles. The summed E-state index contributed by atoms with van der Waals surface area (Å²) in [7, 11) is 0. The second kappa shape index (κ2) is 6.48. The molecular formula is C17H15BrINO. The fraction of sp³-hybridized carbons (Fsp3) is 0.235. The molecule has 0 fully saturated rings. The quantitative estimate of drug-likeness (QED) is 0.620. The van der Waals surface area contributed by atoms with Crippen LogP contribution in [0.5, 0.6) is 0 Å². The lowest BCUT2D eigenvalue weighted by Gasteiger charge is -2.19. The Kier molecular flexibility index (Phi) is 4.64. The maximum absolute atomic E-state index is 12.5. The van der Waals surface area contributed by atoms with Crippen LogP contribution < -0.4 is 5.32 Å². The molecule has 1 aliphatic rings.